The van der Waals surface area contributed by atoms with E-state index >= 15 is 0 Å². The van der Waals surface area contributed by atoms with Crippen LogP contribution < -0.4 is 5.32 Å². The molecule has 0 spiro atoms. The van der Waals surface area contributed by atoms with Crippen LogP contribution in [0.25, 0.3) is 6.08 Å². The Labute approximate surface area is 180 Å². The van der Waals surface area contributed by atoms with Crippen LogP contribution in [0.15, 0.2) is 35.9 Å². The highest BCUT2D eigenvalue weighted by Crippen LogP contribution is 2.38. The molecule has 0 radical (unpaired) electrons. The second-order valence-electron chi connectivity index (χ2n) is 8.38. The summed E-state index contributed by atoms with van der Waals surface area (Å²) in [6.45, 7) is 6.72. The van der Waals surface area contributed by atoms with Gasteiger partial charge in [-0.25, -0.2) is 0 Å². The Balaban J connectivity index is 1.73. The number of nitrogens with one attached hydrogen (secondary N) is 1. The molecule has 0 saturated heterocycles. The van der Waals surface area contributed by atoms with Gasteiger partial charge in [-0.3, -0.25) is 4.79 Å². The third-order valence-corrected chi connectivity index (χ3v) is 5.95. The number of carbonyl (C=O) groups excluding carboxylic acids is 1. The molecule has 1 N–H and O–H groups in total. The van der Waals surface area contributed by atoms with Crippen molar-refractivity contribution in [3.8, 4) is 6.07 Å². The Morgan fingerprint density at radius 1 is 1.30 bits per heavy atom. The first kappa shape index (κ1) is 21.9. The molecule has 1 aliphatic rings. The predicted molar refractivity (Wildman–Crippen MR) is 121 cm³/mol. The van der Waals surface area contributed by atoms with E-state index in [0.29, 0.717) is 12.6 Å². The molecule has 5 heteroatoms. The highest BCUT2D eigenvalue weighted by molar-refractivity contribution is 6.01. The summed E-state index contributed by atoms with van der Waals surface area (Å²) < 4.78 is 2.32. The average molecular weight is 405 g/mol. The maximum absolute atomic E-state index is 12.8. The van der Waals surface area contributed by atoms with Crippen LogP contribution in [-0.2, 0) is 11.2 Å². The van der Waals surface area contributed by atoms with Gasteiger partial charge in [0.05, 0.1) is 6.04 Å². The van der Waals surface area contributed by atoms with Crippen LogP contribution in [0.1, 0.15) is 59.9 Å². The molecule has 30 heavy (non-hydrogen) atoms. The quantitative estimate of drug-likeness (QED) is 0.526. The van der Waals surface area contributed by atoms with Crippen LogP contribution in [0.3, 0.4) is 0 Å². The number of nitrogens with zero attached hydrogens (tertiary/aromatic N) is 3. The van der Waals surface area contributed by atoms with Crippen molar-refractivity contribution in [1.82, 2.24) is 14.8 Å². The van der Waals surface area contributed by atoms with Crippen molar-refractivity contribution in [2.45, 2.75) is 52.1 Å². The van der Waals surface area contributed by atoms with E-state index in [9.17, 15) is 10.1 Å². The second-order valence-corrected chi connectivity index (χ2v) is 8.38. The zero-order chi connectivity index (χ0) is 21.8. The standard InChI is InChI=1S/C25H32N4O/c1-6-19-7-9-20(10-8-19)24(28(4)5)16-27-25(30)22(15-26)14-21-13-17(2)29(18(21)3)23-11-12-23/h7-10,13-14,23-24H,6,11-12,16H2,1-5H3,(H,27,30)/b22-14+/t24-/m0/s1. The molecule has 2 aromatic rings. The highest BCUT2D eigenvalue weighted by Gasteiger charge is 2.27. The van der Waals surface area contributed by atoms with Gasteiger partial charge < -0.3 is 14.8 Å². The van der Waals surface area contributed by atoms with Crippen LogP contribution in [-0.4, -0.2) is 36.0 Å². The number of aromatic nitrogens is 1. The molecule has 1 fully saturated rings. The minimum absolute atomic E-state index is 0.0414. The molecular formula is C25H32N4O. The third kappa shape index (κ3) is 4.83. The molecule has 0 bridgehead atoms. The lowest BCUT2D eigenvalue weighted by Gasteiger charge is -2.25. The van der Waals surface area contributed by atoms with Crippen molar-refractivity contribution < 1.29 is 4.79 Å². The average Bonchev–Trinajstić information content (AvgIpc) is 3.51. The van der Waals surface area contributed by atoms with Gasteiger partial charge in [0.25, 0.3) is 5.91 Å². The van der Waals surface area contributed by atoms with Gasteiger partial charge in [-0.2, -0.15) is 5.26 Å². The third-order valence-electron chi connectivity index (χ3n) is 5.95. The largest absolute Gasteiger partial charge is 0.349 e. The number of hydrogen-bond donors (Lipinski definition) is 1. The zero-order valence-electron chi connectivity index (χ0n) is 18.7. The van der Waals surface area contributed by atoms with Gasteiger partial charge in [0, 0.05) is 24.0 Å². The van der Waals surface area contributed by atoms with Gasteiger partial charge in [0.1, 0.15) is 11.6 Å². The van der Waals surface area contributed by atoms with E-state index in [2.05, 4.69) is 72.0 Å². The number of benzene rings is 1. The van der Waals surface area contributed by atoms with E-state index in [0.717, 1.165) is 23.2 Å². The van der Waals surface area contributed by atoms with E-state index in [1.807, 2.05) is 14.1 Å². The molecule has 1 aromatic carbocycles. The lowest BCUT2D eigenvalue weighted by atomic mass is 10.0. The van der Waals surface area contributed by atoms with E-state index in [1.54, 1.807) is 6.08 Å². The molecule has 5 nitrogen and oxygen atoms in total. The van der Waals surface area contributed by atoms with Gasteiger partial charge in [-0.15, -0.1) is 0 Å². The van der Waals surface area contributed by atoms with Crippen molar-refractivity contribution in [2.24, 2.45) is 0 Å². The van der Waals surface area contributed by atoms with Crippen LogP contribution in [0.5, 0.6) is 0 Å². The van der Waals surface area contributed by atoms with Crippen molar-refractivity contribution in [1.29, 1.82) is 5.26 Å². The molecule has 1 aliphatic carbocycles. The lowest BCUT2D eigenvalue weighted by Crippen LogP contribution is -2.35. The van der Waals surface area contributed by atoms with Gasteiger partial charge in [0.15, 0.2) is 0 Å². The number of hydrogen-bond acceptors (Lipinski definition) is 3. The van der Waals surface area contributed by atoms with Crippen LogP contribution >= 0.6 is 0 Å². The van der Waals surface area contributed by atoms with Crippen LogP contribution in [0.4, 0.5) is 0 Å². The molecule has 0 unspecified atom stereocenters. The minimum Gasteiger partial charge on any atom is -0.349 e. The summed E-state index contributed by atoms with van der Waals surface area (Å²) in [5.41, 5.74) is 5.84. The minimum atomic E-state index is -0.328. The van der Waals surface area contributed by atoms with Gasteiger partial charge in [-0.05, 0) is 76.0 Å². The summed E-state index contributed by atoms with van der Waals surface area (Å²) >= 11 is 0. The Bertz CT molecular complexity index is 972. The predicted octanol–water partition coefficient (Wildman–Crippen LogP) is 4.33. The van der Waals surface area contributed by atoms with E-state index in [1.165, 1.54) is 24.1 Å². The molecule has 1 heterocycles. The first-order valence-electron chi connectivity index (χ1n) is 10.7. The normalized spacial score (nSPS) is 15.2. The lowest BCUT2D eigenvalue weighted by molar-refractivity contribution is -0.117. The van der Waals surface area contributed by atoms with Crippen molar-refractivity contribution in [2.75, 3.05) is 20.6 Å². The van der Waals surface area contributed by atoms with Gasteiger partial charge in [-0.1, -0.05) is 31.2 Å². The van der Waals surface area contributed by atoms with E-state index < -0.39 is 0 Å². The monoisotopic (exact) mass is 404 g/mol. The molecule has 1 saturated carbocycles. The summed E-state index contributed by atoms with van der Waals surface area (Å²) in [7, 11) is 4.00. The fourth-order valence-electron chi connectivity index (χ4n) is 4.01. The van der Waals surface area contributed by atoms with Gasteiger partial charge >= 0.3 is 0 Å². The Morgan fingerprint density at radius 2 is 1.97 bits per heavy atom. The first-order valence-corrected chi connectivity index (χ1v) is 10.7. The zero-order valence-corrected chi connectivity index (χ0v) is 18.7. The Hall–Kier alpha value is -2.84. The summed E-state index contributed by atoms with van der Waals surface area (Å²) in [6, 6.07) is 13.3. The van der Waals surface area contributed by atoms with E-state index in [4.69, 9.17) is 0 Å². The number of nitriles is 1. The topological polar surface area (TPSA) is 61.1 Å². The summed E-state index contributed by atoms with van der Waals surface area (Å²) in [5, 5.41) is 12.6. The molecule has 1 amide bonds. The number of rotatable bonds is 8. The molecule has 3 rings (SSSR count). The van der Waals surface area contributed by atoms with Crippen LogP contribution in [0, 0.1) is 25.2 Å². The van der Waals surface area contributed by atoms with Crippen molar-refractivity contribution >= 4 is 12.0 Å². The summed E-state index contributed by atoms with van der Waals surface area (Å²) in [5.74, 6) is -0.328. The number of amides is 1. The number of carbonyl (C=O) groups is 1. The fraction of sp³-hybridized carbons (Fsp3) is 0.440. The smallest absolute Gasteiger partial charge is 0.262 e. The summed E-state index contributed by atoms with van der Waals surface area (Å²) in [6.07, 6.45) is 5.13. The molecular weight excluding hydrogens is 372 g/mol. The number of likely N-dealkylation sites (N-methyl/N-ethyl adjacent to an activating group) is 1. The Morgan fingerprint density at radius 3 is 2.50 bits per heavy atom. The van der Waals surface area contributed by atoms with Crippen LogP contribution in [0.2, 0.25) is 0 Å². The maximum atomic E-state index is 12.8. The highest BCUT2D eigenvalue weighted by atomic mass is 16.1. The maximum Gasteiger partial charge on any atom is 0.262 e. The molecule has 1 aromatic heterocycles. The molecule has 158 valence electrons. The van der Waals surface area contributed by atoms with Crippen molar-refractivity contribution in [3.05, 3.63) is 64.0 Å². The second kappa shape index (κ2) is 9.32. The fourth-order valence-corrected chi connectivity index (χ4v) is 4.01. The molecule has 0 aliphatic heterocycles. The first-order chi connectivity index (χ1) is 14.3. The SMILES string of the molecule is CCc1ccc([C@H](CNC(=O)/C(C#N)=C/c2cc(C)n(C3CC3)c2C)N(C)C)cc1. The number of aryl methyl sites for hydroxylation is 2. The van der Waals surface area contributed by atoms with E-state index in [-0.39, 0.29) is 17.5 Å². The molecule has 1 atom stereocenters. The van der Waals surface area contributed by atoms with Crippen molar-refractivity contribution in [3.63, 3.8) is 0 Å². The Kier molecular flexibility index (Phi) is 6.79. The van der Waals surface area contributed by atoms with Gasteiger partial charge in [0.2, 0.25) is 0 Å². The summed E-state index contributed by atoms with van der Waals surface area (Å²) in [4.78, 5) is 14.8.